The van der Waals surface area contributed by atoms with Crippen LogP contribution in [0.4, 0.5) is 0 Å². The van der Waals surface area contributed by atoms with Crippen molar-refractivity contribution in [1.29, 1.82) is 0 Å². The second-order valence-electron chi connectivity index (χ2n) is 29.5. The molecule has 6 nitrogen and oxygen atoms in total. The predicted molar refractivity (Wildman–Crippen MR) is 398 cm³/mol. The van der Waals surface area contributed by atoms with Gasteiger partial charge in [-0.15, -0.1) is 0 Å². The van der Waals surface area contributed by atoms with E-state index in [4.69, 9.17) is 4.74 Å². The maximum Gasteiger partial charge on any atom is 0.305 e. The van der Waals surface area contributed by atoms with Crippen molar-refractivity contribution in [3.63, 3.8) is 0 Å². The first-order chi connectivity index (χ1) is 44.5. The molecule has 0 saturated heterocycles. The molecular formula is C84H167NO5. The Hall–Kier alpha value is -1.14. The molecule has 3 N–H and O–H groups in total. The summed E-state index contributed by atoms with van der Waals surface area (Å²) >= 11 is 0. The van der Waals surface area contributed by atoms with Crippen molar-refractivity contribution in [2.24, 2.45) is 0 Å². The zero-order valence-electron chi connectivity index (χ0n) is 61.9. The van der Waals surface area contributed by atoms with Crippen LogP contribution in [0, 0.1) is 0 Å². The normalized spacial score (nSPS) is 12.4. The molecule has 0 aromatic carbocycles. The number of carbonyl (C=O) groups is 2. The summed E-state index contributed by atoms with van der Waals surface area (Å²) in [5, 5.41) is 23.4. The minimum atomic E-state index is -0.660. The SMILES string of the molecule is CCCCCCCCCCCCCCCCCCCCCC(=O)OCCCCCCCCCCCCCCCCCCCCCCCCCCCCCCCCCCCCCC(=O)NC(CO)C(O)CCCCCCCCCCCCCCCCCCCCC. The molecule has 0 aliphatic rings. The number of rotatable bonds is 81. The molecule has 0 aromatic rings. The van der Waals surface area contributed by atoms with E-state index in [9.17, 15) is 19.8 Å². The zero-order valence-corrected chi connectivity index (χ0v) is 61.9. The predicted octanol–water partition coefficient (Wildman–Crippen LogP) is 28.1. The van der Waals surface area contributed by atoms with E-state index in [1.165, 1.54) is 430 Å². The van der Waals surface area contributed by atoms with Crippen LogP contribution in [-0.4, -0.2) is 47.4 Å². The van der Waals surface area contributed by atoms with Gasteiger partial charge in [0.25, 0.3) is 0 Å². The molecule has 0 spiro atoms. The summed E-state index contributed by atoms with van der Waals surface area (Å²) < 4.78 is 5.53. The van der Waals surface area contributed by atoms with Gasteiger partial charge in [0, 0.05) is 12.8 Å². The summed E-state index contributed by atoms with van der Waals surface area (Å²) in [7, 11) is 0. The topological polar surface area (TPSA) is 95.9 Å². The smallest absolute Gasteiger partial charge is 0.305 e. The Kier molecular flexibility index (Phi) is 79.3. The van der Waals surface area contributed by atoms with Crippen LogP contribution in [0.15, 0.2) is 0 Å². The van der Waals surface area contributed by atoms with Gasteiger partial charge < -0.3 is 20.3 Å². The highest BCUT2D eigenvalue weighted by Crippen LogP contribution is 2.21. The molecule has 0 aliphatic heterocycles. The summed E-state index contributed by atoms with van der Waals surface area (Å²) in [5.74, 6) is 0.00532. The van der Waals surface area contributed by atoms with E-state index in [1.807, 2.05) is 0 Å². The van der Waals surface area contributed by atoms with E-state index < -0.39 is 12.1 Å². The monoisotopic (exact) mass is 1270 g/mol. The second-order valence-corrected chi connectivity index (χ2v) is 29.5. The van der Waals surface area contributed by atoms with Crippen LogP contribution in [0.25, 0.3) is 0 Å². The van der Waals surface area contributed by atoms with Crippen LogP contribution in [0.5, 0.6) is 0 Å². The number of aliphatic hydroxyl groups is 2. The van der Waals surface area contributed by atoms with Gasteiger partial charge in [-0.3, -0.25) is 9.59 Å². The Labute approximate surface area is 566 Å². The number of unbranched alkanes of at least 4 members (excludes halogenated alkanes) is 70. The number of hydrogen-bond donors (Lipinski definition) is 3. The number of ether oxygens (including phenoxy) is 1. The summed E-state index contributed by atoms with van der Waals surface area (Å²) in [5.41, 5.74) is 0. The number of aliphatic hydroxyl groups excluding tert-OH is 2. The van der Waals surface area contributed by atoms with E-state index in [1.54, 1.807) is 0 Å². The van der Waals surface area contributed by atoms with Crippen molar-refractivity contribution >= 4 is 11.9 Å². The van der Waals surface area contributed by atoms with Gasteiger partial charge in [-0.2, -0.15) is 0 Å². The van der Waals surface area contributed by atoms with Crippen molar-refractivity contribution < 1.29 is 24.5 Å². The molecule has 0 fully saturated rings. The fourth-order valence-corrected chi connectivity index (χ4v) is 14.0. The third-order valence-electron chi connectivity index (χ3n) is 20.4. The standard InChI is InChI=1S/C84H167NO5/c1-3-5-7-9-11-13-15-17-19-21-40-44-48-52-56-60-64-68-72-76-82(87)81(80-86)85-83(88)77-73-69-65-61-57-53-49-45-42-38-36-34-32-30-28-26-24-23-25-27-29-31-33-35-37-39-43-47-51-55-59-63-67-71-75-79-90-84(89)78-74-70-66-62-58-54-50-46-41-22-20-18-16-14-12-10-8-6-4-2/h81-82,86-87H,3-80H2,1-2H3,(H,85,88). The highest BCUT2D eigenvalue weighted by molar-refractivity contribution is 5.76. The summed E-state index contributed by atoms with van der Waals surface area (Å²) in [6, 6.07) is -0.537. The Bertz CT molecular complexity index is 1320. The van der Waals surface area contributed by atoms with Crippen LogP contribution in [0.1, 0.15) is 502 Å². The first-order valence-electron chi connectivity index (χ1n) is 42.3. The van der Waals surface area contributed by atoms with Crippen LogP contribution >= 0.6 is 0 Å². The number of hydrogen-bond acceptors (Lipinski definition) is 5. The molecule has 90 heavy (non-hydrogen) atoms. The van der Waals surface area contributed by atoms with Gasteiger partial charge in [0.1, 0.15) is 0 Å². The second kappa shape index (κ2) is 80.3. The minimum absolute atomic E-state index is 0.0238. The van der Waals surface area contributed by atoms with Crippen LogP contribution in [-0.2, 0) is 14.3 Å². The number of carbonyl (C=O) groups excluding carboxylic acids is 2. The number of nitrogens with one attached hydrogen (secondary N) is 1. The third-order valence-corrected chi connectivity index (χ3v) is 20.4. The van der Waals surface area contributed by atoms with Crippen molar-refractivity contribution in [1.82, 2.24) is 5.32 Å². The molecule has 0 aromatic heterocycles. The fraction of sp³-hybridized carbons (Fsp3) is 0.976. The van der Waals surface area contributed by atoms with E-state index in [-0.39, 0.29) is 18.5 Å². The Morgan fingerprint density at radius 2 is 0.456 bits per heavy atom. The maximum atomic E-state index is 12.6. The lowest BCUT2D eigenvalue weighted by atomic mass is 10.0. The first kappa shape index (κ1) is 88.9. The molecule has 0 bridgehead atoms. The molecule has 2 atom stereocenters. The molecule has 0 rings (SSSR count). The highest BCUT2D eigenvalue weighted by Gasteiger charge is 2.20. The van der Waals surface area contributed by atoms with E-state index >= 15 is 0 Å². The van der Waals surface area contributed by atoms with Gasteiger partial charge in [-0.05, 0) is 25.7 Å². The number of esters is 1. The molecule has 0 radical (unpaired) electrons. The van der Waals surface area contributed by atoms with Gasteiger partial charge in [-0.1, -0.05) is 463 Å². The lowest BCUT2D eigenvalue weighted by Gasteiger charge is -2.22. The largest absolute Gasteiger partial charge is 0.466 e. The average molecular weight is 1270 g/mol. The van der Waals surface area contributed by atoms with Crippen molar-refractivity contribution in [2.45, 2.75) is 514 Å². The summed E-state index contributed by atoms with van der Waals surface area (Å²) in [6.45, 7) is 5.03. The fourth-order valence-electron chi connectivity index (χ4n) is 14.0. The molecule has 2 unspecified atom stereocenters. The average Bonchev–Trinajstić information content (AvgIpc) is 3.74. The molecule has 538 valence electrons. The quantitative estimate of drug-likeness (QED) is 0.0417. The van der Waals surface area contributed by atoms with Gasteiger partial charge in [-0.25, -0.2) is 0 Å². The van der Waals surface area contributed by atoms with Crippen molar-refractivity contribution in [3.8, 4) is 0 Å². The van der Waals surface area contributed by atoms with Gasteiger partial charge in [0.15, 0.2) is 0 Å². The minimum Gasteiger partial charge on any atom is -0.466 e. The van der Waals surface area contributed by atoms with Gasteiger partial charge in [0.2, 0.25) is 5.91 Å². The lowest BCUT2D eigenvalue weighted by Crippen LogP contribution is -2.45. The lowest BCUT2D eigenvalue weighted by molar-refractivity contribution is -0.143. The number of amides is 1. The molecule has 6 heteroatoms. The first-order valence-corrected chi connectivity index (χ1v) is 42.3. The molecular weight excluding hydrogens is 1100 g/mol. The third kappa shape index (κ3) is 75.9. The van der Waals surface area contributed by atoms with Crippen molar-refractivity contribution in [3.05, 3.63) is 0 Å². The molecule has 0 saturated carbocycles. The van der Waals surface area contributed by atoms with Crippen LogP contribution in [0.2, 0.25) is 0 Å². The van der Waals surface area contributed by atoms with Gasteiger partial charge in [0.05, 0.1) is 25.4 Å². The molecule has 0 heterocycles. The summed E-state index contributed by atoms with van der Waals surface area (Å²) in [6.07, 6.45) is 101. The van der Waals surface area contributed by atoms with Crippen LogP contribution < -0.4 is 5.32 Å². The van der Waals surface area contributed by atoms with E-state index in [0.717, 1.165) is 38.5 Å². The molecule has 1 amide bonds. The van der Waals surface area contributed by atoms with Gasteiger partial charge >= 0.3 is 5.97 Å². The van der Waals surface area contributed by atoms with Crippen molar-refractivity contribution in [2.75, 3.05) is 13.2 Å². The maximum absolute atomic E-state index is 12.6. The van der Waals surface area contributed by atoms with E-state index in [0.29, 0.717) is 25.9 Å². The summed E-state index contributed by atoms with van der Waals surface area (Å²) in [4.78, 5) is 24.7. The zero-order chi connectivity index (χ0) is 64.9. The Morgan fingerprint density at radius 3 is 0.678 bits per heavy atom. The Morgan fingerprint density at radius 1 is 0.267 bits per heavy atom. The highest BCUT2D eigenvalue weighted by atomic mass is 16.5. The molecule has 0 aliphatic carbocycles. The van der Waals surface area contributed by atoms with E-state index in [2.05, 4.69) is 19.2 Å². The Balaban J connectivity index is 3.29. The van der Waals surface area contributed by atoms with Crippen LogP contribution in [0.3, 0.4) is 0 Å².